The van der Waals surface area contributed by atoms with Crippen LogP contribution in [0.4, 0.5) is 0 Å². The molecule has 4 nitrogen and oxygen atoms in total. The first-order chi connectivity index (χ1) is 10.6. The van der Waals surface area contributed by atoms with E-state index in [0.717, 1.165) is 24.8 Å². The Bertz CT molecular complexity index is 757. The fraction of sp³-hybridized carbons (Fsp3) is 0.353. The van der Waals surface area contributed by atoms with Crippen LogP contribution in [0.3, 0.4) is 0 Å². The van der Waals surface area contributed by atoms with E-state index in [1.165, 1.54) is 21.9 Å². The summed E-state index contributed by atoms with van der Waals surface area (Å²) in [4.78, 5) is 4.42. The molecule has 1 heterocycles. The highest BCUT2D eigenvalue weighted by Crippen LogP contribution is 2.25. The van der Waals surface area contributed by atoms with Crippen LogP contribution in [0.5, 0.6) is 0 Å². The molecule has 1 aromatic carbocycles. The number of aromatic nitrogens is 1. The van der Waals surface area contributed by atoms with E-state index in [1.54, 1.807) is 25.5 Å². The molecule has 2 aromatic rings. The summed E-state index contributed by atoms with van der Waals surface area (Å²) in [5.41, 5.74) is 3.36. The summed E-state index contributed by atoms with van der Waals surface area (Å²) >= 11 is 0. The van der Waals surface area contributed by atoms with Crippen LogP contribution in [0.2, 0.25) is 0 Å². The fourth-order valence-electron chi connectivity index (χ4n) is 2.88. The number of benzene rings is 1. The molecular weight excluding hydrogens is 296 g/mol. The quantitative estimate of drug-likeness (QED) is 0.871. The Morgan fingerprint density at radius 1 is 1.14 bits per heavy atom. The zero-order chi connectivity index (χ0) is 15.6. The second-order valence-electron chi connectivity index (χ2n) is 5.76. The summed E-state index contributed by atoms with van der Waals surface area (Å²) in [6.07, 6.45) is 7.74. The third-order valence-electron chi connectivity index (χ3n) is 4.16. The molecular formula is C17H20N2O2S. The van der Waals surface area contributed by atoms with Crippen LogP contribution < -0.4 is 0 Å². The van der Waals surface area contributed by atoms with Crippen LogP contribution in [-0.4, -0.2) is 24.8 Å². The number of fused-ring (bicyclic) bond motifs is 1. The molecule has 0 saturated heterocycles. The van der Waals surface area contributed by atoms with E-state index in [9.17, 15) is 8.42 Å². The van der Waals surface area contributed by atoms with E-state index in [-0.39, 0.29) is 0 Å². The van der Waals surface area contributed by atoms with Crippen LogP contribution in [0, 0.1) is 0 Å². The predicted molar refractivity (Wildman–Crippen MR) is 86.0 cm³/mol. The van der Waals surface area contributed by atoms with Gasteiger partial charge >= 0.3 is 0 Å². The van der Waals surface area contributed by atoms with E-state index in [1.807, 2.05) is 24.3 Å². The average molecular weight is 316 g/mol. The zero-order valence-corrected chi connectivity index (χ0v) is 13.5. The number of hydrogen-bond donors (Lipinski definition) is 0. The largest absolute Gasteiger partial charge is 0.264 e. The molecule has 0 radical (unpaired) electrons. The molecule has 1 aliphatic rings. The van der Waals surface area contributed by atoms with E-state index >= 15 is 0 Å². The summed E-state index contributed by atoms with van der Waals surface area (Å²) in [5.74, 6) is 0. The molecule has 0 aliphatic heterocycles. The molecule has 0 bridgehead atoms. The minimum Gasteiger partial charge on any atom is -0.264 e. The number of rotatable bonds is 4. The van der Waals surface area contributed by atoms with Gasteiger partial charge < -0.3 is 0 Å². The molecule has 1 aliphatic carbocycles. The molecule has 1 aromatic heterocycles. The second-order valence-corrected chi connectivity index (χ2v) is 7.80. The van der Waals surface area contributed by atoms with Gasteiger partial charge in [-0.05, 0) is 60.6 Å². The predicted octanol–water partition coefficient (Wildman–Crippen LogP) is 2.78. The van der Waals surface area contributed by atoms with Crippen molar-refractivity contribution in [3.05, 3.63) is 59.4 Å². The number of pyridine rings is 1. The van der Waals surface area contributed by atoms with Crippen molar-refractivity contribution in [2.24, 2.45) is 0 Å². The lowest BCUT2D eigenvalue weighted by atomic mass is 9.92. The first-order valence-electron chi connectivity index (χ1n) is 7.54. The minimum absolute atomic E-state index is 0.327. The highest BCUT2D eigenvalue weighted by Gasteiger charge is 2.22. The Kier molecular flexibility index (Phi) is 4.27. The van der Waals surface area contributed by atoms with Crippen molar-refractivity contribution in [2.45, 2.75) is 37.1 Å². The first-order valence-corrected chi connectivity index (χ1v) is 8.98. The Hall–Kier alpha value is -1.72. The summed E-state index contributed by atoms with van der Waals surface area (Å²) in [6, 6.07) is 9.25. The molecule has 0 atom stereocenters. The lowest BCUT2D eigenvalue weighted by Gasteiger charge is -2.20. The van der Waals surface area contributed by atoms with E-state index in [4.69, 9.17) is 0 Å². The number of aryl methyl sites for hydroxylation is 2. The van der Waals surface area contributed by atoms with Gasteiger partial charge in [0, 0.05) is 26.0 Å². The fourth-order valence-corrected chi connectivity index (χ4v) is 4.09. The second kappa shape index (κ2) is 6.18. The maximum absolute atomic E-state index is 12.7. The van der Waals surface area contributed by atoms with Crippen LogP contribution in [0.15, 0.2) is 47.6 Å². The lowest BCUT2D eigenvalue weighted by Crippen LogP contribution is -2.26. The third-order valence-corrected chi connectivity index (χ3v) is 5.96. The highest BCUT2D eigenvalue weighted by atomic mass is 32.2. The van der Waals surface area contributed by atoms with Crippen molar-refractivity contribution in [3.8, 4) is 0 Å². The zero-order valence-electron chi connectivity index (χ0n) is 12.7. The van der Waals surface area contributed by atoms with Crippen LogP contribution in [-0.2, 0) is 29.4 Å². The smallest absolute Gasteiger partial charge is 0.243 e. The van der Waals surface area contributed by atoms with Crippen molar-refractivity contribution in [2.75, 3.05) is 7.05 Å². The van der Waals surface area contributed by atoms with Gasteiger partial charge in [-0.15, -0.1) is 0 Å². The lowest BCUT2D eigenvalue weighted by molar-refractivity contribution is 0.466. The normalized spacial score (nSPS) is 14.8. The Labute approximate surface area is 131 Å². The summed E-state index contributed by atoms with van der Waals surface area (Å²) < 4.78 is 26.8. The number of hydrogen-bond acceptors (Lipinski definition) is 3. The molecule has 116 valence electrons. The van der Waals surface area contributed by atoms with E-state index in [0.29, 0.717) is 11.4 Å². The van der Waals surface area contributed by atoms with Gasteiger partial charge in [0.25, 0.3) is 0 Å². The topological polar surface area (TPSA) is 50.3 Å². The number of nitrogens with zero attached hydrogens (tertiary/aromatic N) is 2. The van der Waals surface area contributed by atoms with Gasteiger partial charge in [0.1, 0.15) is 0 Å². The molecule has 0 saturated carbocycles. The molecule has 0 spiro atoms. The van der Waals surface area contributed by atoms with Crippen molar-refractivity contribution in [3.63, 3.8) is 0 Å². The average Bonchev–Trinajstić information content (AvgIpc) is 2.55. The molecule has 0 amide bonds. The Morgan fingerprint density at radius 2 is 1.91 bits per heavy atom. The van der Waals surface area contributed by atoms with Crippen molar-refractivity contribution in [1.82, 2.24) is 9.29 Å². The molecule has 3 rings (SSSR count). The standard InChI is InChI=1S/C17H20N2O2S/c1-19(13-14-5-4-10-18-12-14)22(20,21)17-9-8-15-6-2-3-7-16(15)11-17/h4-5,8-12H,2-3,6-7,13H2,1H3. The first kappa shape index (κ1) is 15.2. The Morgan fingerprint density at radius 3 is 2.64 bits per heavy atom. The summed E-state index contributed by atoms with van der Waals surface area (Å²) in [5, 5.41) is 0. The third kappa shape index (κ3) is 3.05. The van der Waals surface area contributed by atoms with Gasteiger partial charge in [0.05, 0.1) is 4.90 Å². The van der Waals surface area contributed by atoms with Crippen LogP contribution >= 0.6 is 0 Å². The van der Waals surface area contributed by atoms with Gasteiger partial charge in [-0.1, -0.05) is 12.1 Å². The SMILES string of the molecule is CN(Cc1cccnc1)S(=O)(=O)c1ccc2c(c1)CCCC2. The maximum atomic E-state index is 12.7. The number of sulfonamides is 1. The van der Waals surface area contributed by atoms with Crippen LogP contribution in [0.25, 0.3) is 0 Å². The van der Waals surface area contributed by atoms with Crippen molar-refractivity contribution < 1.29 is 8.42 Å². The van der Waals surface area contributed by atoms with Crippen LogP contribution in [0.1, 0.15) is 29.5 Å². The van der Waals surface area contributed by atoms with Gasteiger partial charge in [-0.3, -0.25) is 4.98 Å². The van der Waals surface area contributed by atoms with Crippen molar-refractivity contribution in [1.29, 1.82) is 0 Å². The monoisotopic (exact) mass is 316 g/mol. The maximum Gasteiger partial charge on any atom is 0.243 e. The van der Waals surface area contributed by atoms with Crippen molar-refractivity contribution >= 4 is 10.0 Å². The van der Waals surface area contributed by atoms with Gasteiger partial charge in [0.2, 0.25) is 10.0 Å². The van der Waals surface area contributed by atoms with E-state index in [2.05, 4.69) is 4.98 Å². The molecule has 0 N–H and O–H groups in total. The summed E-state index contributed by atoms with van der Waals surface area (Å²) in [6.45, 7) is 0.327. The Balaban J connectivity index is 1.86. The molecule has 0 fully saturated rings. The molecule has 0 unspecified atom stereocenters. The van der Waals surface area contributed by atoms with Gasteiger partial charge in [-0.25, -0.2) is 8.42 Å². The van der Waals surface area contributed by atoms with E-state index < -0.39 is 10.0 Å². The summed E-state index contributed by atoms with van der Waals surface area (Å²) in [7, 11) is -1.85. The van der Waals surface area contributed by atoms with Gasteiger partial charge in [0.15, 0.2) is 0 Å². The highest BCUT2D eigenvalue weighted by molar-refractivity contribution is 7.89. The minimum atomic E-state index is -3.47. The molecule has 22 heavy (non-hydrogen) atoms. The molecule has 5 heteroatoms. The van der Waals surface area contributed by atoms with Gasteiger partial charge in [-0.2, -0.15) is 4.31 Å².